The van der Waals surface area contributed by atoms with Crippen molar-refractivity contribution in [2.24, 2.45) is 17.6 Å². The van der Waals surface area contributed by atoms with Gasteiger partial charge in [-0.3, -0.25) is 4.90 Å². The topological polar surface area (TPSA) is 52.7 Å². The molecule has 2 saturated heterocycles. The number of aliphatic hydroxyl groups is 1. The second-order valence-corrected chi connectivity index (χ2v) is 7.97. The predicted octanol–water partition coefficient (Wildman–Crippen LogP) is 2.95. The zero-order valence-corrected chi connectivity index (χ0v) is 18.0. The van der Waals surface area contributed by atoms with E-state index in [1.54, 1.807) is 0 Å². The van der Waals surface area contributed by atoms with E-state index in [2.05, 4.69) is 34.1 Å². The van der Waals surface area contributed by atoms with Crippen LogP contribution in [0, 0.1) is 11.8 Å². The van der Waals surface area contributed by atoms with Gasteiger partial charge in [0.15, 0.2) is 0 Å². The Labute approximate surface area is 177 Å². The quantitative estimate of drug-likeness (QED) is 0.715. The summed E-state index contributed by atoms with van der Waals surface area (Å²) in [5.74, 6) is 1.03. The third-order valence-corrected chi connectivity index (χ3v) is 5.91. The van der Waals surface area contributed by atoms with Crippen molar-refractivity contribution in [3.63, 3.8) is 0 Å². The zero-order valence-electron chi connectivity index (χ0n) is 16.4. The summed E-state index contributed by atoms with van der Waals surface area (Å²) in [7, 11) is 0. The maximum atomic E-state index is 9.86. The third-order valence-electron chi connectivity index (χ3n) is 5.91. The number of nitrogens with zero attached hydrogens (tertiary/aromatic N) is 2. The Balaban J connectivity index is 0.00000182. The Kier molecular flexibility index (Phi) is 11.9. The molecule has 1 aromatic rings. The first kappa shape index (κ1) is 24.7. The fourth-order valence-corrected chi connectivity index (χ4v) is 4.54. The van der Waals surface area contributed by atoms with Crippen LogP contribution in [0.15, 0.2) is 24.3 Å². The molecule has 1 aromatic carbocycles. The van der Waals surface area contributed by atoms with Crippen molar-refractivity contribution in [1.82, 2.24) is 9.80 Å². The highest BCUT2D eigenvalue weighted by atomic mass is 35.5. The second kappa shape index (κ2) is 13.0. The van der Waals surface area contributed by atoms with E-state index in [1.165, 1.54) is 49.9 Å². The molecule has 0 aromatic heterocycles. The van der Waals surface area contributed by atoms with E-state index in [0.717, 1.165) is 32.6 Å². The highest BCUT2D eigenvalue weighted by Crippen LogP contribution is 2.26. The summed E-state index contributed by atoms with van der Waals surface area (Å²) < 4.78 is 0. The molecule has 4 nitrogen and oxygen atoms in total. The van der Waals surface area contributed by atoms with Gasteiger partial charge < -0.3 is 15.7 Å². The van der Waals surface area contributed by atoms with Gasteiger partial charge in [0.25, 0.3) is 0 Å². The molecule has 3 rings (SSSR count). The Hall–Kier alpha value is -0.360. The van der Waals surface area contributed by atoms with E-state index in [1.807, 2.05) is 0 Å². The van der Waals surface area contributed by atoms with E-state index >= 15 is 0 Å². The number of nitrogens with two attached hydrogens (primary N) is 1. The van der Waals surface area contributed by atoms with Gasteiger partial charge in [-0.2, -0.15) is 0 Å². The molecule has 0 radical (unpaired) electrons. The van der Waals surface area contributed by atoms with Gasteiger partial charge in [-0.15, -0.1) is 24.8 Å². The molecule has 156 valence electrons. The van der Waals surface area contributed by atoms with E-state index in [0.29, 0.717) is 25.0 Å². The van der Waals surface area contributed by atoms with Crippen molar-refractivity contribution in [2.75, 3.05) is 45.9 Å². The molecule has 2 heterocycles. The lowest BCUT2D eigenvalue weighted by Gasteiger charge is -2.26. The molecule has 0 saturated carbocycles. The molecule has 27 heavy (non-hydrogen) atoms. The van der Waals surface area contributed by atoms with Crippen molar-refractivity contribution in [3.8, 4) is 0 Å². The molecule has 0 aliphatic carbocycles. The van der Waals surface area contributed by atoms with Gasteiger partial charge in [-0.1, -0.05) is 37.1 Å². The molecule has 2 aliphatic heterocycles. The molecule has 2 atom stereocenters. The lowest BCUT2D eigenvalue weighted by atomic mass is 9.96. The largest absolute Gasteiger partial charge is 0.396 e. The highest BCUT2D eigenvalue weighted by Gasteiger charge is 2.33. The molecule has 2 fully saturated rings. The summed E-state index contributed by atoms with van der Waals surface area (Å²) >= 11 is 0. The number of halogens is 2. The maximum absolute atomic E-state index is 9.86. The summed E-state index contributed by atoms with van der Waals surface area (Å²) in [6, 6.07) is 8.83. The van der Waals surface area contributed by atoms with E-state index in [-0.39, 0.29) is 24.8 Å². The molecule has 3 N–H and O–H groups in total. The molecule has 0 unspecified atom stereocenters. The smallest absolute Gasteiger partial charge is 0.0475 e. The van der Waals surface area contributed by atoms with Crippen molar-refractivity contribution < 1.29 is 5.11 Å². The summed E-state index contributed by atoms with van der Waals surface area (Å²) in [4.78, 5) is 5.18. The van der Waals surface area contributed by atoms with Crippen LogP contribution in [0.4, 0.5) is 0 Å². The van der Waals surface area contributed by atoms with Crippen LogP contribution in [0.1, 0.15) is 36.8 Å². The molecule has 2 aliphatic rings. The van der Waals surface area contributed by atoms with Gasteiger partial charge in [0.2, 0.25) is 0 Å². The highest BCUT2D eigenvalue weighted by molar-refractivity contribution is 5.85. The predicted molar refractivity (Wildman–Crippen MR) is 118 cm³/mol. The standard InChI is InChI=1S/C21H35N3O.2ClH/c22-9-8-18-6-5-7-19(12-18)13-24-15-20(21(16-24)17-25)14-23-10-3-1-2-4-11-23;;/h5-7,12,20-21,25H,1-4,8-11,13-17,22H2;2*1H/t20-,21-;;/m1../s1. The van der Waals surface area contributed by atoms with Gasteiger partial charge in [0, 0.05) is 32.8 Å². The van der Waals surface area contributed by atoms with Gasteiger partial charge in [-0.25, -0.2) is 0 Å². The average Bonchev–Trinajstić information content (AvgIpc) is 2.80. The van der Waals surface area contributed by atoms with Crippen LogP contribution in [0.25, 0.3) is 0 Å². The minimum absolute atomic E-state index is 0. The van der Waals surface area contributed by atoms with Crippen LogP contribution in [-0.2, 0) is 13.0 Å². The summed E-state index contributed by atoms with van der Waals surface area (Å²) in [5, 5.41) is 9.86. The van der Waals surface area contributed by atoms with Gasteiger partial charge in [0.1, 0.15) is 0 Å². The minimum Gasteiger partial charge on any atom is -0.396 e. The number of benzene rings is 1. The van der Waals surface area contributed by atoms with Crippen molar-refractivity contribution in [3.05, 3.63) is 35.4 Å². The van der Waals surface area contributed by atoms with E-state index in [9.17, 15) is 5.11 Å². The van der Waals surface area contributed by atoms with E-state index in [4.69, 9.17) is 5.73 Å². The number of likely N-dealkylation sites (tertiary alicyclic amines) is 2. The summed E-state index contributed by atoms with van der Waals surface area (Å²) in [5.41, 5.74) is 8.39. The van der Waals surface area contributed by atoms with Crippen LogP contribution < -0.4 is 5.73 Å². The Morgan fingerprint density at radius 2 is 1.59 bits per heavy atom. The van der Waals surface area contributed by atoms with E-state index < -0.39 is 0 Å². The minimum atomic E-state index is 0. The van der Waals surface area contributed by atoms with Crippen LogP contribution >= 0.6 is 24.8 Å². The molecule has 0 amide bonds. The maximum Gasteiger partial charge on any atom is 0.0475 e. The number of hydrogen-bond acceptors (Lipinski definition) is 4. The fraction of sp³-hybridized carbons (Fsp3) is 0.714. The van der Waals surface area contributed by atoms with Crippen molar-refractivity contribution in [2.45, 2.75) is 38.6 Å². The Morgan fingerprint density at radius 1 is 0.926 bits per heavy atom. The van der Waals surface area contributed by atoms with Crippen LogP contribution in [-0.4, -0.2) is 60.8 Å². The SMILES string of the molecule is Cl.Cl.NCCc1cccc(CN2C[C@@H](CN3CCCCCC3)[C@@H](CO)C2)c1. The molecule has 6 heteroatoms. The Bertz CT molecular complexity index is 524. The first-order valence-corrected chi connectivity index (χ1v) is 10.1. The first-order chi connectivity index (χ1) is 12.3. The number of rotatable bonds is 7. The van der Waals surface area contributed by atoms with Gasteiger partial charge in [0.05, 0.1) is 0 Å². The summed E-state index contributed by atoms with van der Waals surface area (Å²) in [6.07, 6.45) is 6.40. The normalized spacial score (nSPS) is 24.1. The zero-order chi connectivity index (χ0) is 17.5. The fourth-order valence-electron chi connectivity index (χ4n) is 4.54. The number of aliphatic hydroxyl groups excluding tert-OH is 1. The molecule has 0 bridgehead atoms. The van der Waals surface area contributed by atoms with Gasteiger partial charge >= 0.3 is 0 Å². The summed E-state index contributed by atoms with van der Waals surface area (Å²) in [6.45, 7) is 7.81. The second-order valence-electron chi connectivity index (χ2n) is 7.97. The lowest BCUT2D eigenvalue weighted by Crippen LogP contribution is -2.34. The number of hydrogen-bond donors (Lipinski definition) is 2. The monoisotopic (exact) mass is 417 g/mol. The molecular weight excluding hydrogens is 381 g/mol. The Morgan fingerprint density at radius 3 is 2.26 bits per heavy atom. The first-order valence-electron chi connectivity index (χ1n) is 10.1. The van der Waals surface area contributed by atoms with Crippen molar-refractivity contribution >= 4 is 24.8 Å². The average molecular weight is 418 g/mol. The van der Waals surface area contributed by atoms with Crippen LogP contribution in [0.3, 0.4) is 0 Å². The third kappa shape index (κ3) is 7.52. The van der Waals surface area contributed by atoms with Gasteiger partial charge in [-0.05, 0) is 61.9 Å². The van der Waals surface area contributed by atoms with Crippen LogP contribution in [0.2, 0.25) is 0 Å². The lowest BCUT2D eigenvalue weighted by molar-refractivity contribution is 0.165. The van der Waals surface area contributed by atoms with Crippen LogP contribution in [0.5, 0.6) is 0 Å². The molecule has 0 spiro atoms. The van der Waals surface area contributed by atoms with Crippen molar-refractivity contribution in [1.29, 1.82) is 0 Å². The molecular formula is C21H37Cl2N3O.